The zero-order valence-corrected chi connectivity index (χ0v) is 14.5. The summed E-state index contributed by atoms with van der Waals surface area (Å²) < 4.78 is 79.6. The highest BCUT2D eigenvalue weighted by Crippen LogP contribution is 2.34. The summed E-state index contributed by atoms with van der Waals surface area (Å²) in [4.78, 5) is 11.6. The van der Waals surface area contributed by atoms with E-state index in [4.69, 9.17) is 0 Å². The van der Waals surface area contributed by atoms with E-state index in [0.717, 1.165) is 22.7 Å². The number of anilines is 1. The molecular formula is C16H14F6N6. The zero-order chi connectivity index (χ0) is 20.3. The van der Waals surface area contributed by atoms with Gasteiger partial charge in [0.2, 0.25) is 5.95 Å². The van der Waals surface area contributed by atoms with E-state index in [9.17, 15) is 26.3 Å². The number of halogens is 6. The fraction of sp³-hybridized carbons (Fsp3) is 0.438. The van der Waals surface area contributed by atoms with Gasteiger partial charge in [-0.15, -0.1) is 5.10 Å². The first-order chi connectivity index (χ1) is 13.0. The van der Waals surface area contributed by atoms with E-state index in [0.29, 0.717) is 26.2 Å². The van der Waals surface area contributed by atoms with Gasteiger partial charge < -0.3 is 9.80 Å². The highest BCUT2D eigenvalue weighted by atomic mass is 19.4. The van der Waals surface area contributed by atoms with Crippen molar-refractivity contribution in [2.75, 3.05) is 38.1 Å². The van der Waals surface area contributed by atoms with Crippen molar-refractivity contribution in [1.29, 1.82) is 0 Å². The van der Waals surface area contributed by atoms with Gasteiger partial charge in [-0.3, -0.25) is 0 Å². The summed E-state index contributed by atoms with van der Waals surface area (Å²) in [6.07, 6.45) is -9.48. The van der Waals surface area contributed by atoms with Crippen molar-refractivity contribution in [1.82, 2.24) is 24.5 Å². The summed E-state index contributed by atoms with van der Waals surface area (Å²) in [5.41, 5.74) is -1.18. The van der Waals surface area contributed by atoms with Gasteiger partial charge >= 0.3 is 12.4 Å². The third kappa shape index (κ3) is 3.21. The van der Waals surface area contributed by atoms with Gasteiger partial charge in [0.25, 0.3) is 5.82 Å². The van der Waals surface area contributed by atoms with Gasteiger partial charge in [-0.05, 0) is 25.2 Å². The highest BCUT2D eigenvalue weighted by Gasteiger charge is 2.38. The molecular weight excluding hydrogens is 390 g/mol. The molecule has 3 aromatic rings. The van der Waals surface area contributed by atoms with Crippen LogP contribution in [0.15, 0.2) is 18.2 Å². The largest absolute Gasteiger partial charge is 0.453 e. The molecule has 0 amide bonds. The van der Waals surface area contributed by atoms with Gasteiger partial charge in [-0.1, -0.05) is 0 Å². The lowest BCUT2D eigenvalue weighted by Crippen LogP contribution is -2.45. The smallest absolute Gasteiger partial charge is 0.338 e. The van der Waals surface area contributed by atoms with Crippen molar-refractivity contribution in [2.24, 2.45) is 0 Å². The molecule has 2 aromatic heterocycles. The van der Waals surface area contributed by atoms with Crippen LogP contribution in [0.5, 0.6) is 0 Å². The number of hydrogen-bond acceptors (Lipinski definition) is 5. The Labute approximate surface area is 154 Å². The van der Waals surface area contributed by atoms with Crippen LogP contribution in [0.3, 0.4) is 0 Å². The van der Waals surface area contributed by atoms with Gasteiger partial charge in [0.1, 0.15) is 0 Å². The van der Waals surface area contributed by atoms with Gasteiger partial charge in [0.15, 0.2) is 5.65 Å². The lowest BCUT2D eigenvalue weighted by atomic mass is 10.1. The standard InChI is InChI=1S/C16H14F6N6/c1-26-4-6-27(7-5-26)14-23-11-3-2-9(15(17,18)19)8-10(11)12-24-13(16(20,21)22)25-28(12)14/h2-3,8H,4-7H2,1H3. The second-order valence-electron chi connectivity index (χ2n) is 6.60. The minimum absolute atomic E-state index is 0.121. The first kappa shape index (κ1) is 18.7. The number of nitrogens with zero attached hydrogens (tertiary/aromatic N) is 6. The Bertz CT molecular complexity index is 1030. The van der Waals surface area contributed by atoms with Crippen LogP contribution in [0, 0.1) is 0 Å². The molecule has 1 aromatic carbocycles. The van der Waals surface area contributed by atoms with Crippen LogP contribution in [-0.2, 0) is 12.4 Å². The Kier molecular flexibility index (Phi) is 4.14. The van der Waals surface area contributed by atoms with Gasteiger partial charge in [-0.2, -0.15) is 30.9 Å². The van der Waals surface area contributed by atoms with Crippen molar-refractivity contribution in [2.45, 2.75) is 12.4 Å². The minimum Gasteiger partial charge on any atom is -0.338 e. The summed E-state index contributed by atoms with van der Waals surface area (Å²) in [6.45, 7) is 2.31. The first-order valence-electron chi connectivity index (χ1n) is 8.32. The van der Waals surface area contributed by atoms with E-state index in [1.54, 1.807) is 4.90 Å². The molecule has 1 fully saturated rings. The molecule has 150 valence electrons. The molecule has 0 N–H and O–H groups in total. The van der Waals surface area contributed by atoms with Gasteiger partial charge in [0.05, 0.1) is 11.1 Å². The Morgan fingerprint density at radius 2 is 1.57 bits per heavy atom. The molecule has 0 aliphatic carbocycles. The maximum Gasteiger partial charge on any atom is 0.453 e. The predicted molar refractivity (Wildman–Crippen MR) is 88.0 cm³/mol. The summed E-state index contributed by atoms with van der Waals surface area (Å²) >= 11 is 0. The number of likely N-dealkylation sites (N-methyl/N-ethyl adjacent to an activating group) is 1. The average Bonchev–Trinajstić information content (AvgIpc) is 3.06. The zero-order valence-electron chi connectivity index (χ0n) is 14.5. The van der Waals surface area contributed by atoms with Crippen molar-refractivity contribution in [3.05, 3.63) is 29.6 Å². The number of piperazine rings is 1. The van der Waals surface area contributed by atoms with Crippen molar-refractivity contribution in [3.63, 3.8) is 0 Å². The topological polar surface area (TPSA) is 49.6 Å². The molecule has 3 heterocycles. The third-order valence-electron chi connectivity index (χ3n) is 4.62. The Hall–Kier alpha value is -2.63. The van der Waals surface area contributed by atoms with Gasteiger partial charge in [0, 0.05) is 31.6 Å². The van der Waals surface area contributed by atoms with Crippen LogP contribution in [0.4, 0.5) is 32.3 Å². The van der Waals surface area contributed by atoms with Crippen molar-refractivity contribution >= 4 is 22.5 Å². The second-order valence-corrected chi connectivity index (χ2v) is 6.60. The molecule has 1 aliphatic heterocycles. The molecule has 6 nitrogen and oxygen atoms in total. The number of benzene rings is 1. The summed E-state index contributed by atoms with van der Waals surface area (Å²) in [6, 6.07) is 2.74. The van der Waals surface area contributed by atoms with E-state index >= 15 is 0 Å². The van der Waals surface area contributed by atoms with E-state index < -0.39 is 23.7 Å². The van der Waals surface area contributed by atoms with Crippen LogP contribution in [-0.4, -0.2) is 57.7 Å². The summed E-state index contributed by atoms with van der Waals surface area (Å²) in [7, 11) is 1.91. The number of rotatable bonds is 1. The van der Waals surface area contributed by atoms with E-state index in [1.165, 1.54) is 0 Å². The lowest BCUT2D eigenvalue weighted by molar-refractivity contribution is -0.144. The van der Waals surface area contributed by atoms with Crippen molar-refractivity contribution < 1.29 is 26.3 Å². The van der Waals surface area contributed by atoms with E-state index in [-0.39, 0.29) is 22.5 Å². The third-order valence-corrected chi connectivity index (χ3v) is 4.62. The van der Waals surface area contributed by atoms with Crippen molar-refractivity contribution in [3.8, 4) is 0 Å². The van der Waals surface area contributed by atoms with Crippen LogP contribution < -0.4 is 4.90 Å². The normalized spacial score (nSPS) is 17.0. The molecule has 1 saturated heterocycles. The fourth-order valence-electron chi connectivity index (χ4n) is 3.10. The SMILES string of the molecule is CN1CCN(c2nc3ccc(C(F)(F)F)cc3c3nc(C(F)(F)F)nn23)CC1. The molecule has 0 spiro atoms. The molecule has 12 heteroatoms. The lowest BCUT2D eigenvalue weighted by Gasteiger charge is -2.33. The number of fused-ring (bicyclic) bond motifs is 3. The molecule has 1 aliphatic rings. The number of aromatic nitrogens is 4. The molecule has 0 saturated carbocycles. The Morgan fingerprint density at radius 3 is 2.18 bits per heavy atom. The molecule has 4 rings (SSSR count). The van der Waals surface area contributed by atoms with Crippen LogP contribution in [0.1, 0.15) is 11.4 Å². The monoisotopic (exact) mass is 404 g/mol. The number of hydrogen-bond donors (Lipinski definition) is 0. The predicted octanol–water partition coefficient (Wildman–Crippen LogP) is 3.07. The molecule has 0 atom stereocenters. The highest BCUT2D eigenvalue weighted by molar-refractivity contribution is 5.93. The van der Waals surface area contributed by atoms with Crippen LogP contribution >= 0.6 is 0 Å². The second kappa shape index (κ2) is 6.19. The average molecular weight is 404 g/mol. The van der Waals surface area contributed by atoms with Crippen LogP contribution in [0.2, 0.25) is 0 Å². The quantitative estimate of drug-likeness (QED) is 0.584. The van der Waals surface area contributed by atoms with E-state index in [2.05, 4.69) is 15.1 Å². The minimum atomic E-state index is -4.83. The molecule has 0 bridgehead atoms. The Morgan fingerprint density at radius 1 is 0.893 bits per heavy atom. The van der Waals surface area contributed by atoms with E-state index in [1.807, 2.05) is 11.9 Å². The molecule has 0 radical (unpaired) electrons. The van der Waals surface area contributed by atoms with Crippen LogP contribution in [0.25, 0.3) is 16.6 Å². The first-order valence-corrected chi connectivity index (χ1v) is 8.32. The molecule has 0 unspecified atom stereocenters. The van der Waals surface area contributed by atoms with Gasteiger partial charge in [-0.25, -0.2) is 9.97 Å². The summed E-state index contributed by atoms with van der Waals surface area (Å²) in [5, 5.41) is 3.36. The number of alkyl halides is 6. The molecule has 28 heavy (non-hydrogen) atoms. The maximum absolute atomic E-state index is 13.2. The fourth-order valence-corrected chi connectivity index (χ4v) is 3.10. The Balaban J connectivity index is 1.97. The maximum atomic E-state index is 13.2. The summed E-state index contributed by atoms with van der Waals surface area (Å²) in [5.74, 6) is -1.30.